The number of sulfone groups is 1. The van der Waals surface area contributed by atoms with Crippen molar-refractivity contribution in [3.8, 4) is 40.2 Å². The van der Waals surface area contributed by atoms with Crippen LogP contribution in [-0.2, 0) is 62.8 Å². The van der Waals surface area contributed by atoms with Gasteiger partial charge in [-0.3, -0.25) is 9.11 Å². The number of fused-ring (bicyclic) bond motifs is 2. The fourth-order valence-electron chi connectivity index (χ4n) is 3.73. The quantitative estimate of drug-likeness (QED) is 0.150. The van der Waals surface area contributed by atoms with Gasteiger partial charge in [-0.1, -0.05) is 6.92 Å². The van der Waals surface area contributed by atoms with Crippen LogP contribution in [-0.4, -0.2) is 51.7 Å². The number of aryl methyl sites for hydroxylation is 1. The summed E-state index contributed by atoms with van der Waals surface area (Å²) in [5.74, 6) is -6.31. The molecule has 0 atom stereocenters. The van der Waals surface area contributed by atoms with Gasteiger partial charge in [0.05, 0.1) is 7.11 Å². The Morgan fingerprint density at radius 1 is 0.767 bits per heavy atom. The van der Waals surface area contributed by atoms with Crippen molar-refractivity contribution < 1.29 is 91.5 Å². The monoisotopic (exact) mass is 725 g/mol. The molecule has 1 aliphatic heterocycles. The molecule has 5 rings (SSSR count). The van der Waals surface area contributed by atoms with Gasteiger partial charge in [0.1, 0.15) is 9.79 Å². The molecule has 4 N–H and O–H groups in total. The molecular formula is C26H20O13S3Y-2. The molecule has 43 heavy (non-hydrogen) atoms. The van der Waals surface area contributed by atoms with Crippen molar-refractivity contribution in [3.05, 3.63) is 78.4 Å². The van der Waals surface area contributed by atoms with Crippen molar-refractivity contribution in [2.24, 2.45) is 0 Å². The molecule has 0 bridgehead atoms. The minimum atomic E-state index is -5.44. The fraction of sp³-hybridized carbons (Fsp3) is 0.0769. The second-order valence-corrected chi connectivity index (χ2v) is 13.0. The molecule has 4 aromatic carbocycles. The van der Waals surface area contributed by atoms with Crippen LogP contribution in [0, 0.1) is 19.1 Å². The van der Waals surface area contributed by atoms with Crippen molar-refractivity contribution in [2.75, 3.05) is 7.11 Å². The maximum Gasteiger partial charge on any atom is 0.302 e. The summed E-state index contributed by atoms with van der Waals surface area (Å²) in [5.41, 5.74) is 1.29. The maximum absolute atomic E-state index is 13.4. The molecule has 0 spiro atoms. The largest absolute Gasteiger partial charge is 0.503 e. The number of phenolic OH excluding ortho intramolecular Hbond substituents is 2. The van der Waals surface area contributed by atoms with E-state index in [9.17, 15) is 44.6 Å². The van der Waals surface area contributed by atoms with Crippen molar-refractivity contribution in [2.45, 2.75) is 26.5 Å². The molecule has 1 radical (unpaired) electrons. The van der Waals surface area contributed by atoms with Crippen molar-refractivity contribution >= 4 is 30.1 Å². The summed E-state index contributed by atoms with van der Waals surface area (Å²) in [6.45, 7) is 2.06. The Bertz CT molecular complexity index is 2000. The van der Waals surface area contributed by atoms with E-state index in [0.29, 0.717) is 12.1 Å². The Morgan fingerprint density at radius 2 is 1.19 bits per heavy atom. The SMILES string of the molecule is COc1cc2c(c(S(=O)(=O)O)c1O)Oc1c(cc(Oc3cc[c-]cc3)c(O)c1S(=O)(=O)O)S2(=O)=O.Cc1cc[c-]cc1.[Y]. The van der Waals surface area contributed by atoms with Crippen LogP contribution in [0.15, 0.2) is 80.2 Å². The van der Waals surface area contributed by atoms with Crippen molar-refractivity contribution in [1.82, 2.24) is 0 Å². The molecule has 4 aromatic rings. The molecule has 0 fully saturated rings. The van der Waals surface area contributed by atoms with Crippen molar-refractivity contribution in [1.29, 1.82) is 0 Å². The molecule has 1 aliphatic rings. The Morgan fingerprint density at radius 3 is 1.58 bits per heavy atom. The van der Waals surface area contributed by atoms with E-state index in [0.717, 1.165) is 7.11 Å². The molecular weight excluding hydrogens is 705 g/mol. The smallest absolute Gasteiger partial charge is 0.302 e. The van der Waals surface area contributed by atoms with Crippen LogP contribution < -0.4 is 14.2 Å². The van der Waals surface area contributed by atoms with Crippen LogP contribution in [0.2, 0.25) is 0 Å². The van der Waals surface area contributed by atoms with Crippen molar-refractivity contribution in [3.63, 3.8) is 0 Å². The minimum absolute atomic E-state index is 0. The standard InChI is InChI=1S/C19H13O13S3.C7H7.Y/c1-30-10-7-12-16(18(14(10)20)34(24,25)26)32-17-13(33(12,22)23)8-11(15(21)19(17)35(27,28)29)31-9-5-3-2-4-6-9;1-7-5-3-2-4-6-7;/h3-8,20-21H,1H3,(H,24,25,26)(H,27,28,29);3-6H,1H3;/q2*-1;. The van der Waals surface area contributed by atoms with Crippen LogP contribution in [0.25, 0.3) is 0 Å². The molecule has 0 aromatic heterocycles. The average Bonchev–Trinajstić information content (AvgIpc) is 2.89. The zero-order valence-electron chi connectivity index (χ0n) is 22.0. The number of ether oxygens (including phenoxy) is 3. The zero-order valence-corrected chi connectivity index (χ0v) is 27.3. The summed E-state index contributed by atoms with van der Waals surface area (Å²) in [5, 5.41) is 20.8. The maximum atomic E-state index is 13.4. The number of hydrogen-bond donors (Lipinski definition) is 4. The van der Waals surface area contributed by atoms with Crippen LogP contribution in [0.5, 0.6) is 40.2 Å². The number of rotatable bonds is 5. The molecule has 0 aliphatic carbocycles. The Hall–Kier alpha value is -3.25. The Balaban J connectivity index is 0.000000556. The zero-order chi connectivity index (χ0) is 31.0. The first-order chi connectivity index (χ1) is 19.6. The van der Waals surface area contributed by atoms with Crippen LogP contribution in [0.3, 0.4) is 0 Å². The van der Waals surface area contributed by atoms with Gasteiger partial charge in [-0.25, -0.2) is 8.42 Å². The van der Waals surface area contributed by atoms with Gasteiger partial charge in [-0.05, 0) is 0 Å². The number of phenols is 2. The van der Waals surface area contributed by atoms with Gasteiger partial charge in [0.2, 0.25) is 9.84 Å². The van der Waals surface area contributed by atoms with E-state index < -0.39 is 84.2 Å². The predicted molar refractivity (Wildman–Crippen MR) is 143 cm³/mol. The van der Waals surface area contributed by atoms with Crippen LogP contribution in [0.4, 0.5) is 0 Å². The van der Waals surface area contributed by atoms with E-state index >= 15 is 0 Å². The van der Waals surface area contributed by atoms with Crippen LogP contribution >= 0.6 is 0 Å². The summed E-state index contributed by atoms with van der Waals surface area (Å²) in [6, 6.07) is 20.3. The van der Waals surface area contributed by atoms with Gasteiger partial charge in [0.15, 0.2) is 44.3 Å². The minimum Gasteiger partial charge on any atom is -0.503 e. The van der Waals surface area contributed by atoms with Gasteiger partial charge in [-0.2, -0.15) is 70.9 Å². The number of methoxy groups -OCH3 is 1. The summed E-state index contributed by atoms with van der Waals surface area (Å²) >= 11 is 0. The predicted octanol–water partition coefficient (Wildman–Crippen LogP) is 3.92. The molecule has 0 amide bonds. The Labute approximate surface area is 272 Å². The van der Waals surface area contributed by atoms with E-state index in [-0.39, 0.29) is 38.5 Å². The fourth-order valence-corrected chi connectivity index (χ4v) is 6.86. The van der Waals surface area contributed by atoms with Gasteiger partial charge in [0, 0.05) is 50.6 Å². The van der Waals surface area contributed by atoms with E-state index in [1.54, 1.807) is 0 Å². The third kappa shape index (κ3) is 6.96. The number of aromatic hydroxyl groups is 2. The van der Waals surface area contributed by atoms with Crippen LogP contribution in [0.1, 0.15) is 5.56 Å². The number of benzene rings is 4. The second kappa shape index (κ2) is 12.8. The molecule has 0 saturated heterocycles. The average molecular weight is 726 g/mol. The third-order valence-electron chi connectivity index (χ3n) is 5.60. The normalized spacial score (nSPS) is 13.1. The summed E-state index contributed by atoms with van der Waals surface area (Å²) in [4.78, 5) is -4.83. The van der Waals surface area contributed by atoms with E-state index in [2.05, 4.69) is 19.1 Å². The molecule has 0 saturated carbocycles. The first-order valence-electron chi connectivity index (χ1n) is 11.4. The molecule has 13 nitrogen and oxygen atoms in total. The van der Waals surface area contributed by atoms with Gasteiger partial charge < -0.3 is 24.4 Å². The van der Waals surface area contributed by atoms with Gasteiger partial charge in [-0.15, -0.1) is 12.1 Å². The molecule has 1 heterocycles. The Kier molecular flexibility index (Phi) is 10.2. The topological polar surface area (TPSA) is 211 Å². The van der Waals surface area contributed by atoms with Gasteiger partial charge >= 0.3 is 20.2 Å². The van der Waals surface area contributed by atoms with E-state index in [1.165, 1.54) is 29.8 Å². The molecule has 225 valence electrons. The number of hydrogen-bond acceptors (Lipinski definition) is 11. The van der Waals surface area contributed by atoms with E-state index in [1.807, 2.05) is 24.3 Å². The van der Waals surface area contributed by atoms with E-state index in [4.69, 9.17) is 14.2 Å². The summed E-state index contributed by atoms with van der Waals surface area (Å²) < 4.78 is 110. The summed E-state index contributed by atoms with van der Waals surface area (Å²) in [6.07, 6.45) is 0. The molecule has 17 heteroatoms. The second-order valence-electron chi connectivity index (χ2n) is 8.43. The van der Waals surface area contributed by atoms with Gasteiger partial charge in [0.25, 0.3) is 0 Å². The first-order valence-corrected chi connectivity index (χ1v) is 15.7. The summed E-state index contributed by atoms with van der Waals surface area (Å²) in [7, 11) is -14.8. The third-order valence-corrected chi connectivity index (χ3v) is 9.15. The first kappa shape index (κ1) is 34.2. The molecule has 0 unspecified atom stereocenters.